The van der Waals surface area contributed by atoms with Gasteiger partial charge in [0.1, 0.15) is 16.7 Å². The largest absolute Gasteiger partial charge is 0.442 e. The van der Waals surface area contributed by atoms with E-state index in [0.717, 1.165) is 24.1 Å². The lowest BCUT2D eigenvalue weighted by atomic mass is 9.99. The summed E-state index contributed by atoms with van der Waals surface area (Å²) in [6, 6.07) is 0.473. The van der Waals surface area contributed by atoms with Gasteiger partial charge >= 0.3 is 6.09 Å². The van der Waals surface area contributed by atoms with Crippen LogP contribution >= 0.6 is 0 Å². The highest BCUT2D eigenvalue weighted by Crippen LogP contribution is 2.33. The lowest BCUT2D eigenvalue weighted by Crippen LogP contribution is -2.52. The van der Waals surface area contributed by atoms with Crippen LogP contribution in [0.15, 0.2) is 6.07 Å². The number of aryl methyl sites for hydroxylation is 1. The predicted octanol–water partition coefficient (Wildman–Crippen LogP) is 1.44. The molecule has 4 heterocycles. The van der Waals surface area contributed by atoms with Gasteiger partial charge in [0, 0.05) is 31.5 Å². The number of ether oxygens (including phenoxy) is 1. The van der Waals surface area contributed by atoms with E-state index in [1.807, 2.05) is 0 Å². The Hall–Kier alpha value is -3.57. The molecule has 2 N–H and O–H groups in total. The highest BCUT2D eigenvalue weighted by Gasteiger charge is 2.48. The average Bonchev–Trinajstić information content (AvgIpc) is 3.36. The third-order valence-corrected chi connectivity index (χ3v) is 7.60. The number of nitroso groups, excluding NO2 is 1. The molecule has 4 aliphatic heterocycles. The number of carbonyl (C=O) groups is 4. The first-order valence-corrected chi connectivity index (χ1v) is 12.3. The highest BCUT2D eigenvalue weighted by atomic mass is 19.1. The fourth-order valence-electron chi connectivity index (χ4n) is 5.69. The summed E-state index contributed by atoms with van der Waals surface area (Å²) in [4.78, 5) is 63.7. The number of hydrogen-bond donors (Lipinski definition) is 2. The van der Waals surface area contributed by atoms with Crippen LogP contribution in [0.2, 0.25) is 0 Å². The highest BCUT2D eigenvalue weighted by molar-refractivity contribution is 6.05. The van der Waals surface area contributed by atoms with Crippen molar-refractivity contribution in [3.63, 3.8) is 0 Å². The molecule has 0 bridgehead atoms. The van der Waals surface area contributed by atoms with Crippen LogP contribution in [0.3, 0.4) is 0 Å². The minimum Gasteiger partial charge on any atom is -0.442 e. The van der Waals surface area contributed by atoms with Crippen LogP contribution in [0.5, 0.6) is 0 Å². The number of rotatable bonds is 5. The standard InChI is InChI=1S/C24H28FN5O6/c1-13-8-14(10-26-24(34)36-12-16-9-15-4-2-3-7-29(15)30(16)35)21(25)20-17(13)11-28(23(20)33)18-5-6-19(31)27-22(18)32/h8,15-16,18H,2-7,9-12H2,1H3,(H-,26,27,31,32,34)/p+1. The number of piperidine rings is 2. The molecule has 4 amide bonds. The van der Waals surface area contributed by atoms with E-state index in [1.54, 1.807) is 18.0 Å². The maximum absolute atomic E-state index is 15.4. The van der Waals surface area contributed by atoms with E-state index >= 15 is 4.39 Å². The SMILES string of the molecule is Cc1cc(CNC(=O)OCC2CC3CCCCN3[N+]2=O)c(F)c2c1CN(C1CCC(=O)NC1=O)C2=O. The van der Waals surface area contributed by atoms with E-state index in [9.17, 15) is 24.1 Å². The zero-order chi connectivity index (χ0) is 25.6. The maximum atomic E-state index is 15.4. The molecular weight excluding hydrogens is 473 g/mol. The summed E-state index contributed by atoms with van der Waals surface area (Å²) in [6.45, 7) is 2.26. The quantitative estimate of drug-likeness (QED) is 0.461. The smallest absolute Gasteiger partial charge is 0.407 e. The summed E-state index contributed by atoms with van der Waals surface area (Å²) in [5.41, 5.74) is 1.14. The molecule has 1 aromatic rings. The Labute approximate surface area is 206 Å². The van der Waals surface area contributed by atoms with Crippen LogP contribution in [0.25, 0.3) is 0 Å². The maximum Gasteiger partial charge on any atom is 0.407 e. The zero-order valence-corrected chi connectivity index (χ0v) is 20.0. The summed E-state index contributed by atoms with van der Waals surface area (Å²) in [5.74, 6) is -2.33. The number of carbonyl (C=O) groups excluding carboxylic acids is 4. The lowest BCUT2D eigenvalue weighted by molar-refractivity contribution is -0.718. The zero-order valence-electron chi connectivity index (χ0n) is 20.0. The topological polar surface area (TPSA) is 128 Å². The third kappa shape index (κ3) is 4.28. The van der Waals surface area contributed by atoms with Gasteiger partial charge in [-0.15, -0.1) is 5.01 Å². The van der Waals surface area contributed by atoms with Crippen LogP contribution in [-0.4, -0.2) is 69.9 Å². The number of nitrogens with zero attached hydrogens (tertiary/aromatic N) is 3. The van der Waals surface area contributed by atoms with Gasteiger partial charge in [-0.05, 0) is 43.7 Å². The number of imide groups is 1. The van der Waals surface area contributed by atoms with Gasteiger partial charge in [-0.2, -0.15) is 0 Å². The number of alkyl carbamates (subject to hydrolysis) is 1. The Morgan fingerprint density at radius 2 is 2.08 bits per heavy atom. The van der Waals surface area contributed by atoms with Crippen molar-refractivity contribution < 1.29 is 33.2 Å². The second-order valence-electron chi connectivity index (χ2n) is 9.88. The summed E-state index contributed by atoms with van der Waals surface area (Å²) < 4.78 is 20.6. The van der Waals surface area contributed by atoms with Crippen molar-refractivity contribution in [1.29, 1.82) is 0 Å². The minimum atomic E-state index is -0.839. The number of benzene rings is 1. The van der Waals surface area contributed by atoms with Crippen molar-refractivity contribution in [2.24, 2.45) is 0 Å². The second kappa shape index (κ2) is 9.47. The first kappa shape index (κ1) is 24.1. The Bertz CT molecular complexity index is 1160. The molecule has 0 saturated carbocycles. The van der Waals surface area contributed by atoms with Crippen LogP contribution in [0, 0.1) is 17.6 Å². The van der Waals surface area contributed by atoms with Gasteiger partial charge in [0.05, 0.1) is 23.1 Å². The molecule has 5 rings (SSSR count). The molecule has 0 spiro atoms. The summed E-state index contributed by atoms with van der Waals surface area (Å²) in [5, 5.41) is 6.52. The van der Waals surface area contributed by atoms with Gasteiger partial charge in [-0.1, -0.05) is 6.07 Å². The molecule has 3 saturated heterocycles. The molecule has 36 heavy (non-hydrogen) atoms. The van der Waals surface area contributed by atoms with Gasteiger partial charge in [-0.3, -0.25) is 19.7 Å². The molecule has 3 unspecified atom stereocenters. The molecule has 3 fully saturated rings. The number of nitrogens with one attached hydrogen (secondary N) is 2. The molecule has 4 aliphatic rings. The Morgan fingerprint density at radius 1 is 1.28 bits per heavy atom. The van der Waals surface area contributed by atoms with Crippen molar-refractivity contribution in [2.75, 3.05) is 13.2 Å². The molecular formula is C24H29FN5O6+. The number of fused-ring (bicyclic) bond motifs is 2. The fraction of sp³-hybridized carbons (Fsp3) is 0.583. The van der Waals surface area contributed by atoms with Crippen LogP contribution in [0.4, 0.5) is 9.18 Å². The Kier molecular flexibility index (Phi) is 6.35. The number of hydrogen-bond acceptors (Lipinski definition) is 6. The van der Waals surface area contributed by atoms with Gasteiger partial charge in [0.25, 0.3) is 11.9 Å². The van der Waals surface area contributed by atoms with Gasteiger partial charge in [0.15, 0.2) is 6.61 Å². The second-order valence-corrected chi connectivity index (χ2v) is 9.88. The lowest BCUT2D eigenvalue weighted by Gasteiger charge is -2.29. The van der Waals surface area contributed by atoms with Crippen molar-refractivity contribution in [1.82, 2.24) is 20.5 Å². The van der Waals surface area contributed by atoms with E-state index in [-0.39, 0.29) is 49.7 Å². The monoisotopic (exact) mass is 502 g/mol. The average molecular weight is 503 g/mol. The van der Waals surface area contributed by atoms with Gasteiger partial charge in [0.2, 0.25) is 11.8 Å². The molecule has 1 aromatic carbocycles. The molecule has 0 aliphatic carbocycles. The molecule has 11 nitrogen and oxygen atoms in total. The van der Waals surface area contributed by atoms with Crippen LogP contribution in [-0.2, 0) is 27.4 Å². The summed E-state index contributed by atoms with van der Waals surface area (Å²) in [6.07, 6.45) is 3.18. The molecule has 0 radical (unpaired) electrons. The molecule has 3 atom stereocenters. The predicted molar refractivity (Wildman–Crippen MR) is 122 cm³/mol. The van der Waals surface area contributed by atoms with E-state index in [4.69, 9.17) is 4.74 Å². The Balaban J connectivity index is 1.20. The third-order valence-electron chi connectivity index (χ3n) is 7.60. The van der Waals surface area contributed by atoms with Crippen LogP contribution < -0.4 is 10.6 Å². The molecule has 12 heteroatoms. The van der Waals surface area contributed by atoms with Crippen molar-refractivity contribution in [3.8, 4) is 0 Å². The van der Waals surface area contributed by atoms with Gasteiger partial charge < -0.3 is 15.0 Å². The van der Waals surface area contributed by atoms with Crippen molar-refractivity contribution >= 4 is 23.8 Å². The van der Waals surface area contributed by atoms with E-state index < -0.39 is 41.7 Å². The fourth-order valence-corrected chi connectivity index (χ4v) is 5.69. The minimum absolute atomic E-state index is 0.0621. The first-order chi connectivity index (χ1) is 17.2. The Morgan fingerprint density at radius 3 is 2.83 bits per heavy atom. The number of hydrazine groups is 1. The van der Waals surface area contributed by atoms with Crippen molar-refractivity contribution in [3.05, 3.63) is 39.0 Å². The van der Waals surface area contributed by atoms with Crippen molar-refractivity contribution in [2.45, 2.75) is 76.7 Å². The van der Waals surface area contributed by atoms with Gasteiger partial charge in [-0.25, -0.2) is 9.18 Å². The normalized spacial score (nSPS) is 25.6. The molecule has 192 valence electrons. The molecule has 0 aromatic heterocycles. The van der Waals surface area contributed by atoms with Crippen LogP contribution in [0.1, 0.15) is 65.6 Å². The van der Waals surface area contributed by atoms with E-state index in [2.05, 4.69) is 10.6 Å². The van der Waals surface area contributed by atoms with E-state index in [1.165, 1.54) is 4.90 Å². The first-order valence-electron chi connectivity index (χ1n) is 12.3. The number of amides is 4. The summed E-state index contributed by atoms with van der Waals surface area (Å²) in [7, 11) is 0. The number of halogens is 1. The van der Waals surface area contributed by atoms with E-state index in [0.29, 0.717) is 24.1 Å². The summed E-state index contributed by atoms with van der Waals surface area (Å²) >= 11 is 0.